The van der Waals surface area contributed by atoms with E-state index in [1.54, 1.807) is 25.2 Å². The zero-order chi connectivity index (χ0) is 12.7. The van der Waals surface area contributed by atoms with Crippen molar-refractivity contribution in [1.29, 1.82) is 0 Å². The normalized spacial score (nSPS) is 11.6. The van der Waals surface area contributed by atoms with Crippen LogP contribution in [0.15, 0.2) is 24.3 Å². The molecule has 0 heterocycles. The molecule has 0 radical (unpaired) electrons. The molecule has 92 valence electrons. The van der Waals surface area contributed by atoms with Crippen molar-refractivity contribution in [3.8, 4) is 0 Å². The van der Waals surface area contributed by atoms with E-state index in [2.05, 4.69) is 10.6 Å². The summed E-state index contributed by atoms with van der Waals surface area (Å²) in [6, 6.07) is 6.72. The van der Waals surface area contributed by atoms with Gasteiger partial charge in [-0.05, 0) is 24.6 Å². The van der Waals surface area contributed by atoms with Crippen LogP contribution in [-0.4, -0.2) is 25.3 Å². The van der Waals surface area contributed by atoms with Crippen molar-refractivity contribution in [3.05, 3.63) is 24.3 Å². The molecule has 17 heavy (non-hydrogen) atoms. The van der Waals surface area contributed by atoms with Gasteiger partial charge in [-0.1, -0.05) is 6.07 Å². The molecule has 0 spiro atoms. The van der Waals surface area contributed by atoms with E-state index in [0.29, 0.717) is 18.5 Å². The Kier molecular flexibility index (Phi) is 5.00. The van der Waals surface area contributed by atoms with Crippen LogP contribution < -0.4 is 16.4 Å². The zero-order valence-electron chi connectivity index (χ0n) is 9.77. The number of rotatable bonds is 6. The van der Waals surface area contributed by atoms with Gasteiger partial charge in [-0.3, -0.25) is 4.79 Å². The van der Waals surface area contributed by atoms with E-state index in [1.807, 2.05) is 6.07 Å². The maximum absolute atomic E-state index is 11.6. The maximum Gasteiger partial charge on any atom is 0.242 e. The highest BCUT2D eigenvalue weighted by atomic mass is 16.2. The van der Waals surface area contributed by atoms with Crippen LogP contribution in [0.1, 0.15) is 12.8 Å². The molecule has 0 fully saturated rings. The van der Waals surface area contributed by atoms with Crippen molar-refractivity contribution in [2.24, 2.45) is 0 Å². The first-order valence-corrected chi connectivity index (χ1v) is 5.44. The number of aldehydes is 1. The molecule has 0 saturated carbocycles. The fourth-order valence-electron chi connectivity index (χ4n) is 1.51. The predicted octanol–water partition coefficient (Wildman–Crippen LogP) is 0.774. The number of carbonyl (C=O) groups is 2. The van der Waals surface area contributed by atoms with Crippen molar-refractivity contribution in [2.75, 3.05) is 18.1 Å². The minimum absolute atomic E-state index is 0.144. The molecular formula is C12H17N3O2. The van der Waals surface area contributed by atoms with Gasteiger partial charge in [0.15, 0.2) is 0 Å². The van der Waals surface area contributed by atoms with Gasteiger partial charge in [0, 0.05) is 24.8 Å². The van der Waals surface area contributed by atoms with Crippen LogP contribution in [0.3, 0.4) is 0 Å². The SMILES string of the molecule is CNC(=O)C(CCC=O)Nc1cccc(N)c1. The number of benzene rings is 1. The molecule has 4 N–H and O–H groups in total. The van der Waals surface area contributed by atoms with Gasteiger partial charge in [0.05, 0.1) is 0 Å². The van der Waals surface area contributed by atoms with Gasteiger partial charge >= 0.3 is 0 Å². The molecule has 1 aromatic carbocycles. The smallest absolute Gasteiger partial charge is 0.242 e. The summed E-state index contributed by atoms with van der Waals surface area (Å²) < 4.78 is 0. The number of nitrogen functional groups attached to an aromatic ring is 1. The Hall–Kier alpha value is -2.04. The summed E-state index contributed by atoms with van der Waals surface area (Å²) >= 11 is 0. The topological polar surface area (TPSA) is 84.2 Å². The number of anilines is 2. The Morgan fingerprint density at radius 3 is 2.88 bits per heavy atom. The van der Waals surface area contributed by atoms with Crippen LogP contribution in [0.25, 0.3) is 0 Å². The van der Waals surface area contributed by atoms with Crippen LogP contribution in [0.5, 0.6) is 0 Å². The molecule has 0 saturated heterocycles. The van der Waals surface area contributed by atoms with Gasteiger partial charge in [0.1, 0.15) is 12.3 Å². The molecule has 0 aliphatic heterocycles. The van der Waals surface area contributed by atoms with E-state index < -0.39 is 6.04 Å². The zero-order valence-corrected chi connectivity index (χ0v) is 9.77. The summed E-state index contributed by atoms with van der Waals surface area (Å²) in [7, 11) is 1.57. The molecule has 0 aromatic heterocycles. The first-order chi connectivity index (χ1) is 8.17. The lowest BCUT2D eigenvalue weighted by Crippen LogP contribution is -2.37. The third-order valence-electron chi connectivity index (χ3n) is 2.36. The molecule has 1 rings (SSSR count). The monoisotopic (exact) mass is 235 g/mol. The standard InChI is InChI=1S/C12H17N3O2/c1-14-12(17)11(6-3-7-16)15-10-5-2-4-9(13)8-10/h2,4-5,7-8,11,15H,3,6,13H2,1H3,(H,14,17). The summed E-state index contributed by atoms with van der Waals surface area (Å²) in [5.41, 5.74) is 7.04. The van der Waals surface area contributed by atoms with Crippen molar-refractivity contribution in [2.45, 2.75) is 18.9 Å². The summed E-state index contributed by atoms with van der Waals surface area (Å²) in [5, 5.41) is 5.61. The Bertz CT molecular complexity index is 393. The molecule has 1 amide bonds. The van der Waals surface area contributed by atoms with Crippen molar-refractivity contribution >= 4 is 23.6 Å². The quantitative estimate of drug-likeness (QED) is 0.502. The number of carbonyl (C=O) groups excluding carboxylic acids is 2. The van der Waals surface area contributed by atoms with Gasteiger partial charge in [0.2, 0.25) is 5.91 Å². The molecule has 0 aliphatic rings. The van der Waals surface area contributed by atoms with E-state index in [9.17, 15) is 9.59 Å². The van der Waals surface area contributed by atoms with Crippen LogP contribution in [-0.2, 0) is 9.59 Å². The summed E-state index contributed by atoms with van der Waals surface area (Å²) in [6.07, 6.45) is 1.60. The first-order valence-electron chi connectivity index (χ1n) is 5.44. The fraction of sp³-hybridized carbons (Fsp3) is 0.333. The number of likely N-dealkylation sites (N-methyl/N-ethyl adjacent to an activating group) is 1. The maximum atomic E-state index is 11.6. The minimum atomic E-state index is -0.424. The summed E-state index contributed by atoms with van der Waals surface area (Å²) in [4.78, 5) is 21.9. The highest BCUT2D eigenvalue weighted by Crippen LogP contribution is 2.14. The van der Waals surface area contributed by atoms with Crippen molar-refractivity contribution in [3.63, 3.8) is 0 Å². The molecule has 1 unspecified atom stereocenters. The second-order valence-electron chi connectivity index (χ2n) is 3.68. The van der Waals surface area contributed by atoms with Crippen LogP contribution >= 0.6 is 0 Å². The number of nitrogens with two attached hydrogens (primary N) is 1. The third-order valence-corrected chi connectivity index (χ3v) is 2.36. The van der Waals surface area contributed by atoms with E-state index in [4.69, 9.17) is 5.73 Å². The lowest BCUT2D eigenvalue weighted by molar-refractivity contribution is -0.121. The Balaban J connectivity index is 2.71. The van der Waals surface area contributed by atoms with E-state index in [1.165, 1.54) is 0 Å². The number of nitrogens with one attached hydrogen (secondary N) is 2. The van der Waals surface area contributed by atoms with Crippen LogP contribution in [0.4, 0.5) is 11.4 Å². The lowest BCUT2D eigenvalue weighted by atomic mass is 10.1. The van der Waals surface area contributed by atoms with E-state index >= 15 is 0 Å². The third kappa shape index (κ3) is 4.14. The lowest BCUT2D eigenvalue weighted by Gasteiger charge is -2.17. The molecule has 1 atom stereocenters. The molecule has 0 bridgehead atoms. The second-order valence-corrected chi connectivity index (χ2v) is 3.68. The Labute approximate surface area is 100 Å². The highest BCUT2D eigenvalue weighted by molar-refractivity contribution is 5.84. The summed E-state index contributed by atoms with van der Waals surface area (Å²) in [5.74, 6) is -0.144. The molecule has 0 aliphatic carbocycles. The van der Waals surface area contributed by atoms with Crippen LogP contribution in [0.2, 0.25) is 0 Å². The van der Waals surface area contributed by atoms with Gasteiger partial charge < -0.3 is 21.2 Å². The Morgan fingerprint density at radius 1 is 1.53 bits per heavy atom. The second kappa shape index (κ2) is 6.52. The van der Waals surface area contributed by atoms with Crippen molar-refractivity contribution < 1.29 is 9.59 Å². The van der Waals surface area contributed by atoms with Gasteiger partial charge in [0.25, 0.3) is 0 Å². The van der Waals surface area contributed by atoms with Gasteiger partial charge in [-0.15, -0.1) is 0 Å². The van der Waals surface area contributed by atoms with E-state index in [-0.39, 0.29) is 5.91 Å². The molecule has 1 aromatic rings. The number of hydrogen-bond donors (Lipinski definition) is 3. The van der Waals surface area contributed by atoms with E-state index in [0.717, 1.165) is 12.0 Å². The molecule has 5 nitrogen and oxygen atoms in total. The molecule has 5 heteroatoms. The Morgan fingerprint density at radius 2 is 2.29 bits per heavy atom. The average Bonchev–Trinajstić information content (AvgIpc) is 2.33. The average molecular weight is 235 g/mol. The van der Waals surface area contributed by atoms with Crippen LogP contribution in [0, 0.1) is 0 Å². The highest BCUT2D eigenvalue weighted by Gasteiger charge is 2.16. The first kappa shape index (κ1) is 13.0. The minimum Gasteiger partial charge on any atom is -0.399 e. The summed E-state index contributed by atoms with van der Waals surface area (Å²) in [6.45, 7) is 0. The molecular weight excluding hydrogens is 218 g/mol. The number of hydrogen-bond acceptors (Lipinski definition) is 4. The largest absolute Gasteiger partial charge is 0.399 e. The predicted molar refractivity (Wildman–Crippen MR) is 67.6 cm³/mol. The fourth-order valence-corrected chi connectivity index (χ4v) is 1.51. The van der Waals surface area contributed by atoms with Gasteiger partial charge in [-0.25, -0.2) is 0 Å². The van der Waals surface area contributed by atoms with Gasteiger partial charge in [-0.2, -0.15) is 0 Å². The number of amides is 1. The van der Waals surface area contributed by atoms with Crippen molar-refractivity contribution in [1.82, 2.24) is 5.32 Å².